The van der Waals surface area contributed by atoms with Crippen LogP contribution in [0, 0.1) is 6.92 Å². The molecule has 20 heavy (non-hydrogen) atoms. The minimum Gasteiger partial charge on any atom is -0.444 e. The third kappa shape index (κ3) is 4.08. The highest BCUT2D eigenvalue weighted by atomic mass is 16.6. The Morgan fingerprint density at radius 2 is 2.25 bits per heavy atom. The van der Waals surface area contributed by atoms with Crippen molar-refractivity contribution in [1.82, 2.24) is 14.9 Å². The molecule has 2 heterocycles. The van der Waals surface area contributed by atoms with Gasteiger partial charge in [0.2, 0.25) is 5.95 Å². The molecule has 0 aliphatic carbocycles. The highest BCUT2D eigenvalue weighted by Crippen LogP contribution is 2.17. The van der Waals surface area contributed by atoms with Crippen LogP contribution in [0.15, 0.2) is 12.3 Å². The largest absolute Gasteiger partial charge is 0.444 e. The van der Waals surface area contributed by atoms with Crippen LogP contribution < -0.4 is 5.32 Å². The fourth-order valence-electron chi connectivity index (χ4n) is 2.07. The first-order chi connectivity index (χ1) is 9.33. The number of ether oxygens (including phenoxy) is 1. The lowest BCUT2D eigenvalue weighted by Gasteiger charge is -2.24. The van der Waals surface area contributed by atoms with E-state index in [0.717, 1.165) is 12.1 Å². The average Bonchev–Trinajstić information content (AvgIpc) is 2.75. The summed E-state index contributed by atoms with van der Waals surface area (Å²) >= 11 is 0. The van der Waals surface area contributed by atoms with Crippen molar-refractivity contribution in [3.63, 3.8) is 0 Å². The van der Waals surface area contributed by atoms with Gasteiger partial charge < -0.3 is 15.0 Å². The Labute approximate surface area is 119 Å². The zero-order chi connectivity index (χ0) is 14.8. The smallest absolute Gasteiger partial charge is 0.410 e. The number of hydrogen-bond donors (Lipinski definition) is 1. The summed E-state index contributed by atoms with van der Waals surface area (Å²) in [7, 11) is 0. The zero-order valence-corrected chi connectivity index (χ0v) is 12.5. The number of likely N-dealkylation sites (tertiary alicyclic amines) is 1. The summed E-state index contributed by atoms with van der Waals surface area (Å²) in [6.07, 6.45) is 2.34. The molecule has 1 aromatic heterocycles. The lowest BCUT2D eigenvalue weighted by Crippen LogP contribution is -2.36. The molecule has 1 saturated heterocycles. The number of nitrogens with zero attached hydrogens (tertiary/aromatic N) is 3. The van der Waals surface area contributed by atoms with E-state index in [0.29, 0.717) is 19.0 Å². The van der Waals surface area contributed by atoms with Gasteiger partial charge in [-0.1, -0.05) is 0 Å². The second kappa shape index (κ2) is 5.64. The van der Waals surface area contributed by atoms with Crippen molar-refractivity contribution in [3.05, 3.63) is 18.0 Å². The van der Waals surface area contributed by atoms with Gasteiger partial charge in [-0.2, -0.15) is 0 Å². The van der Waals surface area contributed by atoms with Gasteiger partial charge in [0.15, 0.2) is 0 Å². The molecule has 0 bridgehead atoms. The van der Waals surface area contributed by atoms with Crippen molar-refractivity contribution in [1.29, 1.82) is 0 Å². The van der Waals surface area contributed by atoms with Gasteiger partial charge in [-0.15, -0.1) is 0 Å². The first kappa shape index (κ1) is 14.6. The van der Waals surface area contributed by atoms with E-state index in [1.807, 2.05) is 33.8 Å². The maximum atomic E-state index is 12.0. The van der Waals surface area contributed by atoms with Gasteiger partial charge in [0.05, 0.1) is 0 Å². The van der Waals surface area contributed by atoms with Gasteiger partial charge in [0.1, 0.15) is 5.60 Å². The summed E-state index contributed by atoms with van der Waals surface area (Å²) in [5.74, 6) is 0.612. The van der Waals surface area contributed by atoms with E-state index in [4.69, 9.17) is 4.74 Å². The van der Waals surface area contributed by atoms with Crippen LogP contribution in [0.5, 0.6) is 0 Å². The van der Waals surface area contributed by atoms with E-state index in [1.54, 1.807) is 11.1 Å². The molecular weight excluding hydrogens is 256 g/mol. The summed E-state index contributed by atoms with van der Waals surface area (Å²) in [5.41, 5.74) is 0.465. The van der Waals surface area contributed by atoms with Gasteiger partial charge in [0, 0.05) is 31.0 Å². The van der Waals surface area contributed by atoms with Gasteiger partial charge in [-0.05, 0) is 40.2 Å². The molecule has 1 unspecified atom stereocenters. The Kier molecular flexibility index (Phi) is 4.11. The summed E-state index contributed by atoms with van der Waals surface area (Å²) < 4.78 is 5.37. The molecule has 0 aromatic carbocycles. The number of anilines is 1. The maximum absolute atomic E-state index is 12.0. The van der Waals surface area contributed by atoms with Crippen LogP contribution in [0.1, 0.15) is 32.9 Å². The van der Waals surface area contributed by atoms with Crippen molar-refractivity contribution >= 4 is 12.0 Å². The fraction of sp³-hybridized carbons (Fsp3) is 0.643. The topological polar surface area (TPSA) is 67.4 Å². The molecule has 0 radical (unpaired) electrons. The van der Waals surface area contributed by atoms with Crippen LogP contribution in [0.2, 0.25) is 0 Å². The molecule has 1 aliphatic rings. The van der Waals surface area contributed by atoms with Gasteiger partial charge in [-0.25, -0.2) is 14.8 Å². The van der Waals surface area contributed by atoms with Gasteiger partial charge >= 0.3 is 6.09 Å². The predicted octanol–water partition coefficient (Wildman–Crippen LogP) is 2.21. The van der Waals surface area contributed by atoms with Gasteiger partial charge in [-0.3, -0.25) is 0 Å². The van der Waals surface area contributed by atoms with Crippen LogP contribution in [-0.4, -0.2) is 45.7 Å². The van der Waals surface area contributed by atoms with Crippen molar-refractivity contribution in [3.8, 4) is 0 Å². The molecule has 6 nitrogen and oxygen atoms in total. The van der Waals surface area contributed by atoms with E-state index < -0.39 is 5.60 Å². The van der Waals surface area contributed by atoms with Crippen molar-refractivity contribution in [2.24, 2.45) is 0 Å². The summed E-state index contributed by atoms with van der Waals surface area (Å²) in [5, 5.41) is 3.26. The summed E-state index contributed by atoms with van der Waals surface area (Å²) in [4.78, 5) is 22.2. The van der Waals surface area contributed by atoms with E-state index in [9.17, 15) is 4.79 Å². The Hall–Kier alpha value is -1.85. The second-order valence-corrected chi connectivity index (χ2v) is 6.08. The summed E-state index contributed by atoms with van der Waals surface area (Å²) in [6, 6.07) is 2.02. The number of rotatable bonds is 2. The summed E-state index contributed by atoms with van der Waals surface area (Å²) in [6.45, 7) is 8.85. The highest BCUT2D eigenvalue weighted by molar-refractivity contribution is 5.68. The number of hydrogen-bond acceptors (Lipinski definition) is 5. The second-order valence-electron chi connectivity index (χ2n) is 6.08. The fourth-order valence-corrected chi connectivity index (χ4v) is 2.07. The molecule has 1 fully saturated rings. The molecule has 6 heteroatoms. The quantitative estimate of drug-likeness (QED) is 0.898. The first-order valence-electron chi connectivity index (χ1n) is 6.87. The molecular formula is C14H22N4O2. The van der Waals surface area contributed by atoms with E-state index in [-0.39, 0.29) is 12.1 Å². The van der Waals surface area contributed by atoms with Crippen molar-refractivity contribution in [2.45, 2.75) is 45.8 Å². The lowest BCUT2D eigenvalue weighted by atomic mass is 10.2. The Bertz CT molecular complexity index is 484. The van der Waals surface area contributed by atoms with E-state index in [2.05, 4.69) is 15.3 Å². The molecule has 1 aromatic rings. The maximum Gasteiger partial charge on any atom is 0.410 e. The molecule has 0 saturated carbocycles. The highest BCUT2D eigenvalue weighted by Gasteiger charge is 2.29. The Balaban J connectivity index is 1.88. The normalized spacial score (nSPS) is 19.0. The van der Waals surface area contributed by atoms with E-state index in [1.165, 1.54) is 0 Å². The lowest BCUT2D eigenvalue weighted by molar-refractivity contribution is 0.0293. The van der Waals surface area contributed by atoms with Crippen molar-refractivity contribution in [2.75, 3.05) is 18.4 Å². The minimum absolute atomic E-state index is 0.171. The Morgan fingerprint density at radius 1 is 1.50 bits per heavy atom. The van der Waals surface area contributed by atoms with Crippen LogP contribution in [0.25, 0.3) is 0 Å². The standard InChI is InChI=1S/C14H22N4O2/c1-10-5-7-15-12(16-10)17-11-6-8-18(9-11)13(19)20-14(2,3)4/h5,7,11H,6,8-9H2,1-4H3,(H,15,16,17). The SMILES string of the molecule is Cc1ccnc(NC2CCN(C(=O)OC(C)(C)C)C2)n1. The predicted molar refractivity (Wildman–Crippen MR) is 76.6 cm³/mol. The minimum atomic E-state index is -0.456. The molecule has 1 N–H and O–H groups in total. The van der Waals surface area contributed by atoms with Crippen LogP contribution in [-0.2, 0) is 4.74 Å². The number of nitrogens with one attached hydrogen (secondary N) is 1. The number of aromatic nitrogens is 2. The van der Waals surface area contributed by atoms with Crippen LogP contribution >= 0.6 is 0 Å². The molecule has 1 aliphatic heterocycles. The molecule has 110 valence electrons. The Morgan fingerprint density at radius 3 is 2.90 bits per heavy atom. The van der Waals surface area contributed by atoms with Crippen molar-refractivity contribution < 1.29 is 9.53 Å². The van der Waals surface area contributed by atoms with E-state index >= 15 is 0 Å². The van der Waals surface area contributed by atoms with Crippen LogP contribution in [0.3, 0.4) is 0 Å². The van der Waals surface area contributed by atoms with Crippen LogP contribution in [0.4, 0.5) is 10.7 Å². The average molecular weight is 278 g/mol. The zero-order valence-electron chi connectivity index (χ0n) is 12.5. The number of carbonyl (C=O) groups is 1. The number of aryl methyl sites for hydroxylation is 1. The molecule has 2 rings (SSSR count). The number of carbonyl (C=O) groups excluding carboxylic acids is 1. The molecule has 0 spiro atoms. The molecule has 1 amide bonds. The monoisotopic (exact) mass is 278 g/mol. The first-order valence-corrected chi connectivity index (χ1v) is 6.87. The third-order valence-corrected chi connectivity index (χ3v) is 2.97. The molecule has 1 atom stereocenters. The third-order valence-electron chi connectivity index (χ3n) is 2.97. The van der Waals surface area contributed by atoms with Gasteiger partial charge in [0.25, 0.3) is 0 Å². The number of amides is 1.